The number of rotatable bonds is 10. The largest absolute Gasteiger partial charge is 0.481 e. The van der Waals surface area contributed by atoms with Gasteiger partial charge in [0.1, 0.15) is 0 Å². The van der Waals surface area contributed by atoms with Crippen LogP contribution in [0.1, 0.15) is 33.1 Å². The maximum atomic E-state index is 11.6. The molecule has 2 amide bonds. The number of carboxylic acid groups (broad SMARTS) is 1. The molecule has 0 bridgehead atoms. The number of sulfonamides is 1. The third-order valence-corrected chi connectivity index (χ3v) is 4.13. The Morgan fingerprint density at radius 2 is 1.67 bits per heavy atom. The summed E-state index contributed by atoms with van der Waals surface area (Å²) in [6, 6.07) is -0.457. The van der Waals surface area contributed by atoms with E-state index in [1.165, 1.54) is 0 Å². The van der Waals surface area contributed by atoms with E-state index < -0.39 is 27.4 Å². The topological polar surface area (TPSA) is 125 Å². The third-order valence-electron chi connectivity index (χ3n) is 3.40. The predicted octanol–water partition coefficient (Wildman–Crippen LogP) is 0.116. The van der Waals surface area contributed by atoms with Gasteiger partial charge < -0.3 is 15.7 Å². The van der Waals surface area contributed by atoms with Crippen LogP contribution >= 0.6 is 0 Å². The molecular formula is C12H25N3O5S. The average molecular weight is 323 g/mol. The maximum Gasteiger partial charge on any atom is 0.314 e. The molecule has 4 N–H and O–H groups in total. The molecule has 9 heteroatoms. The van der Waals surface area contributed by atoms with E-state index in [0.717, 1.165) is 6.26 Å². The quantitative estimate of drug-likeness (QED) is 0.425. The highest BCUT2D eigenvalue weighted by Crippen LogP contribution is 2.25. The van der Waals surface area contributed by atoms with E-state index in [-0.39, 0.29) is 13.1 Å². The van der Waals surface area contributed by atoms with Crippen molar-refractivity contribution < 1.29 is 23.1 Å². The molecule has 0 aliphatic rings. The third kappa shape index (κ3) is 7.86. The zero-order valence-corrected chi connectivity index (χ0v) is 13.5. The molecule has 124 valence electrons. The summed E-state index contributed by atoms with van der Waals surface area (Å²) in [5.74, 6) is -0.926. The number of amides is 2. The minimum atomic E-state index is -3.21. The number of hydrogen-bond acceptors (Lipinski definition) is 4. The molecule has 0 aliphatic heterocycles. The number of carbonyl (C=O) groups excluding carboxylic acids is 1. The van der Waals surface area contributed by atoms with Crippen molar-refractivity contribution >= 4 is 22.0 Å². The van der Waals surface area contributed by atoms with Crippen molar-refractivity contribution in [1.29, 1.82) is 0 Å². The normalized spacial score (nSPS) is 12.0. The van der Waals surface area contributed by atoms with Gasteiger partial charge in [-0.25, -0.2) is 17.9 Å². The van der Waals surface area contributed by atoms with E-state index in [1.54, 1.807) is 13.8 Å². The number of carbonyl (C=O) groups is 2. The number of carboxylic acids is 1. The van der Waals surface area contributed by atoms with Crippen LogP contribution in [0.25, 0.3) is 0 Å². The van der Waals surface area contributed by atoms with Crippen LogP contribution in [0.15, 0.2) is 0 Å². The lowest BCUT2D eigenvalue weighted by Gasteiger charge is -2.26. The molecule has 0 heterocycles. The van der Waals surface area contributed by atoms with Crippen molar-refractivity contribution in [2.45, 2.75) is 33.1 Å². The predicted molar refractivity (Wildman–Crippen MR) is 79.5 cm³/mol. The smallest absolute Gasteiger partial charge is 0.314 e. The summed E-state index contributed by atoms with van der Waals surface area (Å²) in [6.45, 7) is 4.14. The van der Waals surface area contributed by atoms with Crippen molar-refractivity contribution in [3.63, 3.8) is 0 Å². The summed E-state index contributed by atoms with van der Waals surface area (Å²) in [6.07, 6.45) is 2.37. The fraction of sp³-hybridized carbons (Fsp3) is 0.833. The van der Waals surface area contributed by atoms with Crippen LogP contribution < -0.4 is 15.4 Å². The van der Waals surface area contributed by atoms with Gasteiger partial charge in [-0.05, 0) is 19.3 Å². The molecule has 0 aliphatic carbocycles. The van der Waals surface area contributed by atoms with Gasteiger partial charge in [0.05, 0.1) is 11.7 Å². The molecule has 0 fully saturated rings. The zero-order valence-electron chi connectivity index (χ0n) is 12.7. The van der Waals surface area contributed by atoms with E-state index >= 15 is 0 Å². The number of aliphatic carboxylic acids is 1. The van der Waals surface area contributed by atoms with E-state index in [0.29, 0.717) is 25.8 Å². The van der Waals surface area contributed by atoms with Crippen LogP contribution in [0, 0.1) is 5.41 Å². The Morgan fingerprint density at radius 1 is 1.10 bits per heavy atom. The Bertz CT molecular complexity index is 446. The monoisotopic (exact) mass is 323 g/mol. The molecule has 0 unspecified atom stereocenters. The van der Waals surface area contributed by atoms with Gasteiger partial charge in [-0.3, -0.25) is 4.79 Å². The summed E-state index contributed by atoms with van der Waals surface area (Å²) in [5.41, 5.74) is -0.949. The summed E-state index contributed by atoms with van der Waals surface area (Å²) in [4.78, 5) is 22.8. The molecule has 0 radical (unpaired) electrons. The molecule has 8 nitrogen and oxygen atoms in total. The first-order chi connectivity index (χ1) is 9.67. The average Bonchev–Trinajstić information content (AvgIpc) is 2.38. The molecular weight excluding hydrogens is 298 g/mol. The van der Waals surface area contributed by atoms with Crippen LogP contribution in [0.2, 0.25) is 0 Å². The molecule has 0 rings (SSSR count). The highest BCUT2D eigenvalue weighted by atomic mass is 32.2. The first-order valence-electron chi connectivity index (χ1n) is 6.86. The second-order valence-corrected chi connectivity index (χ2v) is 6.76. The van der Waals surface area contributed by atoms with Crippen LogP contribution in [0.3, 0.4) is 0 Å². The molecule has 0 saturated heterocycles. The molecule has 0 atom stereocenters. The Hall–Kier alpha value is -1.35. The minimum Gasteiger partial charge on any atom is -0.481 e. The van der Waals surface area contributed by atoms with Crippen LogP contribution in [-0.4, -0.2) is 51.4 Å². The van der Waals surface area contributed by atoms with Crippen molar-refractivity contribution in [1.82, 2.24) is 15.4 Å². The molecule has 21 heavy (non-hydrogen) atoms. The van der Waals surface area contributed by atoms with Gasteiger partial charge in [0.2, 0.25) is 10.0 Å². The van der Waals surface area contributed by atoms with E-state index in [4.69, 9.17) is 0 Å². The Balaban J connectivity index is 4.02. The standard InChI is InChI=1S/C12H25N3O5S/c1-4-12(5-2,10(16)17)9-14-11(18)13-7-6-8-15-21(3,19)20/h15H,4-9H2,1-3H3,(H,16,17)(H2,13,14,18). The van der Waals surface area contributed by atoms with E-state index in [9.17, 15) is 23.1 Å². The SMILES string of the molecule is CCC(CC)(CNC(=O)NCCCNS(C)(=O)=O)C(=O)O. The first-order valence-corrected chi connectivity index (χ1v) is 8.75. The van der Waals surface area contributed by atoms with Crippen molar-refractivity contribution in [2.24, 2.45) is 5.41 Å². The summed E-state index contributed by atoms with van der Waals surface area (Å²) < 4.78 is 23.9. The Morgan fingerprint density at radius 3 is 2.10 bits per heavy atom. The highest BCUT2D eigenvalue weighted by Gasteiger charge is 2.35. The second-order valence-electron chi connectivity index (χ2n) is 4.92. The number of urea groups is 1. The van der Waals surface area contributed by atoms with Crippen molar-refractivity contribution in [2.75, 3.05) is 25.9 Å². The summed E-state index contributed by atoms with van der Waals surface area (Å²) >= 11 is 0. The van der Waals surface area contributed by atoms with Gasteiger partial charge in [0.25, 0.3) is 0 Å². The lowest BCUT2D eigenvalue weighted by atomic mass is 9.82. The first kappa shape index (κ1) is 19.7. The maximum absolute atomic E-state index is 11.6. The molecule has 0 aromatic carbocycles. The van der Waals surface area contributed by atoms with Crippen LogP contribution in [-0.2, 0) is 14.8 Å². The highest BCUT2D eigenvalue weighted by molar-refractivity contribution is 7.88. The minimum absolute atomic E-state index is 0.0583. The molecule has 0 aromatic heterocycles. The van der Waals surface area contributed by atoms with E-state index in [2.05, 4.69) is 15.4 Å². The van der Waals surface area contributed by atoms with Crippen molar-refractivity contribution in [3.05, 3.63) is 0 Å². The number of hydrogen-bond donors (Lipinski definition) is 4. The summed E-state index contributed by atoms with van der Waals surface area (Å²) in [7, 11) is -3.21. The number of nitrogens with one attached hydrogen (secondary N) is 3. The van der Waals surface area contributed by atoms with Gasteiger partial charge in [0, 0.05) is 19.6 Å². The van der Waals surface area contributed by atoms with Crippen LogP contribution in [0.4, 0.5) is 4.79 Å². The van der Waals surface area contributed by atoms with Gasteiger partial charge >= 0.3 is 12.0 Å². The second kappa shape index (κ2) is 8.83. The van der Waals surface area contributed by atoms with Crippen molar-refractivity contribution in [3.8, 4) is 0 Å². The van der Waals surface area contributed by atoms with Gasteiger partial charge in [-0.2, -0.15) is 0 Å². The van der Waals surface area contributed by atoms with E-state index in [1.807, 2.05) is 0 Å². The Kier molecular flexibility index (Phi) is 8.26. The van der Waals surface area contributed by atoms with Gasteiger partial charge in [0.15, 0.2) is 0 Å². The molecule has 0 spiro atoms. The lowest BCUT2D eigenvalue weighted by molar-refractivity contribution is -0.149. The summed E-state index contributed by atoms with van der Waals surface area (Å²) in [5, 5.41) is 14.3. The zero-order chi connectivity index (χ0) is 16.5. The van der Waals surface area contributed by atoms with Gasteiger partial charge in [-0.15, -0.1) is 0 Å². The van der Waals surface area contributed by atoms with Gasteiger partial charge in [-0.1, -0.05) is 13.8 Å². The molecule has 0 aromatic rings. The fourth-order valence-corrected chi connectivity index (χ4v) is 2.25. The lowest BCUT2D eigenvalue weighted by Crippen LogP contribution is -2.46. The fourth-order valence-electron chi connectivity index (χ4n) is 1.74. The Labute approximate surface area is 125 Å². The van der Waals surface area contributed by atoms with Crippen LogP contribution in [0.5, 0.6) is 0 Å². The molecule has 0 saturated carbocycles.